The van der Waals surface area contributed by atoms with Crippen molar-refractivity contribution in [2.24, 2.45) is 11.8 Å². The van der Waals surface area contributed by atoms with E-state index in [1.807, 2.05) is 6.92 Å². The Morgan fingerprint density at radius 3 is 2.62 bits per heavy atom. The maximum atomic E-state index is 11.8. The molecule has 0 aromatic heterocycles. The molecule has 1 aliphatic carbocycles. The van der Waals surface area contributed by atoms with Crippen molar-refractivity contribution >= 4 is 11.9 Å². The van der Waals surface area contributed by atoms with Crippen molar-refractivity contribution in [2.75, 3.05) is 13.7 Å². The summed E-state index contributed by atoms with van der Waals surface area (Å²) in [4.78, 5) is 22.7. The molecule has 1 saturated carbocycles. The number of hydrogen-bond donors (Lipinski definition) is 2. The van der Waals surface area contributed by atoms with Crippen molar-refractivity contribution in [3.05, 3.63) is 0 Å². The monoisotopic (exact) mass is 229 g/mol. The lowest BCUT2D eigenvalue weighted by molar-refractivity contribution is -0.146. The van der Waals surface area contributed by atoms with E-state index in [1.54, 1.807) is 7.11 Å². The van der Waals surface area contributed by atoms with E-state index in [0.29, 0.717) is 19.4 Å². The molecule has 0 aliphatic heterocycles. The summed E-state index contributed by atoms with van der Waals surface area (Å²) in [5, 5.41) is 11.7. The maximum absolute atomic E-state index is 11.8. The fraction of sp³-hybridized carbons (Fsp3) is 0.818. The van der Waals surface area contributed by atoms with Gasteiger partial charge in [0.05, 0.1) is 17.9 Å². The number of amides is 1. The topological polar surface area (TPSA) is 75.6 Å². The Labute approximate surface area is 95.2 Å². The zero-order valence-electron chi connectivity index (χ0n) is 9.73. The molecule has 0 saturated heterocycles. The van der Waals surface area contributed by atoms with Crippen LogP contribution >= 0.6 is 0 Å². The van der Waals surface area contributed by atoms with E-state index in [9.17, 15) is 9.59 Å². The van der Waals surface area contributed by atoms with E-state index in [1.165, 1.54) is 0 Å². The highest BCUT2D eigenvalue weighted by Gasteiger charge is 2.37. The first-order valence-corrected chi connectivity index (χ1v) is 5.59. The highest BCUT2D eigenvalue weighted by molar-refractivity contribution is 5.85. The van der Waals surface area contributed by atoms with Crippen molar-refractivity contribution in [3.63, 3.8) is 0 Å². The maximum Gasteiger partial charge on any atom is 0.307 e. The number of rotatable bonds is 5. The summed E-state index contributed by atoms with van der Waals surface area (Å²) in [5.74, 6) is -1.91. The second kappa shape index (κ2) is 5.84. The normalized spacial score (nSPS) is 26.4. The second-order valence-corrected chi connectivity index (χ2v) is 4.27. The molecule has 3 atom stereocenters. The molecule has 5 heteroatoms. The molecule has 0 spiro atoms. The molecule has 1 unspecified atom stereocenters. The molecule has 1 fully saturated rings. The zero-order valence-corrected chi connectivity index (χ0v) is 9.73. The number of ether oxygens (including phenoxy) is 1. The smallest absolute Gasteiger partial charge is 0.307 e. The summed E-state index contributed by atoms with van der Waals surface area (Å²) < 4.78 is 5.01. The van der Waals surface area contributed by atoms with Gasteiger partial charge < -0.3 is 15.2 Å². The first kappa shape index (κ1) is 13.0. The number of carboxylic acids is 1. The summed E-state index contributed by atoms with van der Waals surface area (Å²) in [6, 6.07) is 0. The third-order valence-corrected chi connectivity index (χ3v) is 3.14. The quantitative estimate of drug-likeness (QED) is 0.725. The van der Waals surface area contributed by atoms with Gasteiger partial charge in [0.25, 0.3) is 0 Å². The van der Waals surface area contributed by atoms with Crippen molar-refractivity contribution in [1.29, 1.82) is 0 Å². The molecular weight excluding hydrogens is 210 g/mol. The van der Waals surface area contributed by atoms with Gasteiger partial charge in [-0.25, -0.2) is 0 Å². The van der Waals surface area contributed by atoms with Crippen LogP contribution in [-0.4, -0.2) is 36.7 Å². The van der Waals surface area contributed by atoms with Crippen molar-refractivity contribution < 1.29 is 19.4 Å². The first-order valence-electron chi connectivity index (χ1n) is 5.59. The van der Waals surface area contributed by atoms with E-state index in [0.717, 1.165) is 6.42 Å². The standard InChI is InChI=1S/C11H19NO4/c1-7(16-2)6-12-10(13)8-4-3-5-9(8)11(14)15/h7-9H,3-6H2,1-2H3,(H,12,13)(H,14,15)/t7?,8-,9+/m1/s1. The summed E-state index contributed by atoms with van der Waals surface area (Å²) in [6.07, 6.45) is 2.04. The van der Waals surface area contributed by atoms with Crippen LogP contribution in [0.3, 0.4) is 0 Å². The van der Waals surface area contributed by atoms with Crippen molar-refractivity contribution in [2.45, 2.75) is 32.3 Å². The van der Waals surface area contributed by atoms with Gasteiger partial charge in [0.2, 0.25) is 5.91 Å². The molecule has 1 amide bonds. The van der Waals surface area contributed by atoms with E-state index in [-0.39, 0.29) is 17.9 Å². The van der Waals surface area contributed by atoms with Gasteiger partial charge in [-0.1, -0.05) is 6.42 Å². The van der Waals surface area contributed by atoms with Crippen LogP contribution in [0.15, 0.2) is 0 Å². The molecule has 92 valence electrons. The van der Waals surface area contributed by atoms with Crippen LogP contribution in [0.25, 0.3) is 0 Å². The van der Waals surface area contributed by atoms with E-state index in [4.69, 9.17) is 9.84 Å². The third kappa shape index (κ3) is 3.20. The van der Waals surface area contributed by atoms with Crippen LogP contribution in [0.2, 0.25) is 0 Å². The molecule has 0 aromatic rings. The molecule has 0 heterocycles. The Bertz CT molecular complexity index is 267. The van der Waals surface area contributed by atoms with Crippen LogP contribution in [0.4, 0.5) is 0 Å². The highest BCUT2D eigenvalue weighted by Crippen LogP contribution is 2.31. The molecule has 0 bridgehead atoms. The molecule has 0 radical (unpaired) electrons. The summed E-state index contributed by atoms with van der Waals surface area (Å²) in [5.41, 5.74) is 0. The minimum Gasteiger partial charge on any atom is -0.481 e. The minimum absolute atomic E-state index is 0.0476. The largest absolute Gasteiger partial charge is 0.481 e. The molecule has 16 heavy (non-hydrogen) atoms. The van der Waals surface area contributed by atoms with Crippen LogP contribution in [0.5, 0.6) is 0 Å². The SMILES string of the molecule is COC(C)CNC(=O)[C@@H]1CCC[C@@H]1C(=O)O. The van der Waals surface area contributed by atoms with E-state index < -0.39 is 11.9 Å². The lowest BCUT2D eigenvalue weighted by Gasteiger charge is -2.17. The third-order valence-electron chi connectivity index (χ3n) is 3.14. The molecule has 2 N–H and O–H groups in total. The number of nitrogens with one attached hydrogen (secondary N) is 1. The number of carbonyl (C=O) groups excluding carboxylic acids is 1. The van der Waals surface area contributed by atoms with E-state index in [2.05, 4.69) is 5.32 Å². The lowest BCUT2D eigenvalue weighted by atomic mass is 9.95. The second-order valence-electron chi connectivity index (χ2n) is 4.27. The van der Waals surface area contributed by atoms with Gasteiger partial charge in [0.1, 0.15) is 0 Å². The predicted octanol–water partition coefficient (Wildman–Crippen LogP) is 0.638. The number of hydrogen-bond acceptors (Lipinski definition) is 3. The Kier molecular flexibility index (Phi) is 4.73. The van der Waals surface area contributed by atoms with Gasteiger partial charge in [-0.05, 0) is 19.8 Å². The van der Waals surface area contributed by atoms with Crippen LogP contribution < -0.4 is 5.32 Å². The average molecular weight is 229 g/mol. The summed E-state index contributed by atoms with van der Waals surface area (Å²) in [6.45, 7) is 2.28. The van der Waals surface area contributed by atoms with Gasteiger partial charge in [-0.3, -0.25) is 9.59 Å². The van der Waals surface area contributed by atoms with Gasteiger partial charge in [-0.15, -0.1) is 0 Å². The lowest BCUT2D eigenvalue weighted by Crippen LogP contribution is -2.38. The zero-order chi connectivity index (χ0) is 12.1. The predicted molar refractivity (Wildman–Crippen MR) is 57.9 cm³/mol. The van der Waals surface area contributed by atoms with Crippen LogP contribution in [-0.2, 0) is 14.3 Å². The number of carboxylic acid groups (broad SMARTS) is 1. The van der Waals surface area contributed by atoms with Crippen molar-refractivity contribution in [3.8, 4) is 0 Å². The summed E-state index contributed by atoms with van der Waals surface area (Å²) >= 11 is 0. The fourth-order valence-electron chi connectivity index (χ4n) is 2.03. The van der Waals surface area contributed by atoms with Crippen LogP contribution in [0, 0.1) is 11.8 Å². The Balaban J connectivity index is 2.44. The Morgan fingerprint density at radius 1 is 1.44 bits per heavy atom. The molecule has 1 rings (SSSR count). The number of aliphatic carboxylic acids is 1. The van der Waals surface area contributed by atoms with Gasteiger partial charge in [-0.2, -0.15) is 0 Å². The molecule has 0 aromatic carbocycles. The Morgan fingerprint density at radius 2 is 2.06 bits per heavy atom. The first-order chi connectivity index (χ1) is 7.56. The summed E-state index contributed by atoms with van der Waals surface area (Å²) in [7, 11) is 1.58. The van der Waals surface area contributed by atoms with Crippen LogP contribution in [0.1, 0.15) is 26.2 Å². The molecular formula is C11H19NO4. The number of methoxy groups -OCH3 is 1. The fourth-order valence-corrected chi connectivity index (χ4v) is 2.03. The van der Waals surface area contributed by atoms with Gasteiger partial charge >= 0.3 is 5.97 Å². The highest BCUT2D eigenvalue weighted by atomic mass is 16.5. The van der Waals surface area contributed by atoms with E-state index >= 15 is 0 Å². The minimum atomic E-state index is -0.863. The molecule has 5 nitrogen and oxygen atoms in total. The van der Waals surface area contributed by atoms with Crippen molar-refractivity contribution in [1.82, 2.24) is 5.32 Å². The average Bonchev–Trinajstić information content (AvgIpc) is 2.74. The Hall–Kier alpha value is -1.10. The van der Waals surface area contributed by atoms with Gasteiger partial charge in [0, 0.05) is 13.7 Å². The number of carbonyl (C=O) groups is 2. The molecule has 1 aliphatic rings. The van der Waals surface area contributed by atoms with Gasteiger partial charge in [0.15, 0.2) is 0 Å².